The average molecular weight is 341 g/mol. The summed E-state index contributed by atoms with van der Waals surface area (Å²) in [5.41, 5.74) is 8.54. The van der Waals surface area contributed by atoms with E-state index < -0.39 is 0 Å². The Kier molecular flexibility index (Phi) is 6.69. The molecule has 0 radical (unpaired) electrons. The first-order chi connectivity index (χ1) is 12.0. The molecule has 1 aromatic rings. The number of anilines is 2. The van der Waals surface area contributed by atoms with Crippen molar-refractivity contribution in [3.63, 3.8) is 0 Å². The average Bonchev–Trinajstić information content (AvgIpc) is 2.61. The van der Waals surface area contributed by atoms with Gasteiger partial charge in [0.1, 0.15) is 11.5 Å². The minimum absolute atomic E-state index is 0.121. The molecule has 0 amide bonds. The first-order valence-electron chi connectivity index (χ1n) is 8.51. The van der Waals surface area contributed by atoms with Crippen LogP contribution < -0.4 is 11.1 Å². The van der Waals surface area contributed by atoms with Gasteiger partial charge in [0, 0.05) is 17.3 Å². The number of rotatable bonds is 6. The van der Waals surface area contributed by atoms with E-state index in [4.69, 9.17) is 15.2 Å². The molecule has 134 valence electrons. The number of amidine groups is 1. The van der Waals surface area contributed by atoms with Crippen LogP contribution in [0.25, 0.3) is 0 Å². The number of benzene rings is 1. The summed E-state index contributed by atoms with van der Waals surface area (Å²) in [7, 11) is 1.68. The Balaban J connectivity index is 1.99. The van der Waals surface area contributed by atoms with Gasteiger partial charge in [0.2, 0.25) is 0 Å². The van der Waals surface area contributed by atoms with E-state index >= 15 is 0 Å². The highest BCUT2D eigenvalue weighted by Crippen LogP contribution is 2.21. The first-order valence-corrected chi connectivity index (χ1v) is 8.51. The molecular weight excluding hydrogens is 314 g/mol. The highest BCUT2D eigenvalue weighted by molar-refractivity contribution is 5.90. The van der Waals surface area contributed by atoms with Crippen molar-refractivity contribution >= 4 is 17.4 Å². The van der Waals surface area contributed by atoms with Crippen LogP contribution in [0.5, 0.6) is 0 Å². The van der Waals surface area contributed by atoms with Crippen molar-refractivity contribution in [3.8, 4) is 0 Å². The monoisotopic (exact) mass is 341 g/mol. The minimum atomic E-state index is 0.121. The quantitative estimate of drug-likeness (QED) is 0.457. The molecule has 1 aromatic carbocycles. The van der Waals surface area contributed by atoms with Gasteiger partial charge >= 0.3 is 0 Å². The number of allylic oxidation sites excluding steroid dienone is 3. The Hall–Kier alpha value is -2.69. The zero-order valence-corrected chi connectivity index (χ0v) is 15.4. The van der Waals surface area contributed by atoms with Gasteiger partial charge in [0.25, 0.3) is 6.02 Å². The number of ether oxygens (including phenoxy) is 2. The van der Waals surface area contributed by atoms with E-state index in [1.54, 1.807) is 7.11 Å². The normalized spacial score (nSPS) is 16.1. The van der Waals surface area contributed by atoms with E-state index in [2.05, 4.69) is 30.2 Å². The van der Waals surface area contributed by atoms with Crippen LogP contribution in [-0.4, -0.2) is 19.7 Å². The van der Waals surface area contributed by atoms with Crippen LogP contribution in [0.4, 0.5) is 11.4 Å². The second-order valence-electron chi connectivity index (χ2n) is 5.92. The van der Waals surface area contributed by atoms with Gasteiger partial charge in [0.05, 0.1) is 13.7 Å². The number of aryl methyl sites for hydroxylation is 1. The van der Waals surface area contributed by atoms with Crippen LogP contribution in [0, 0.1) is 12.8 Å². The summed E-state index contributed by atoms with van der Waals surface area (Å²) in [4.78, 5) is 4.37. The summed E-state index contributed by atoms with van der Waals surface area (Å²) in [6, 6.07) is 6.26. The van der Waals surface area contributed by atoms with Gasteiger partial charge in [-0.25, -0.2) is 4.99 Å². The second kappa shape index (κ2) is 8.97. The summed E-state index contributed by atoms with van der Waals surface area (Å²) >= 11 is 0. The summed E-state index contributed by atoms with van der Waals surface area (Å²) in [5, 5.41) is 3.20. The van der Waals surface area contributed by atoms with E-state index in [0.717, 1.165) is 34.9 Å². The van der Waals surface area contributed by atoms with E-state index in [-0.39, 0.29) is 5.92 Å². The smallest absolute Gasteiger partial charge is 0.294 e. The molecule has 0 aromatic heterocycles. The predicted molar refractivity (Wildman–Crippen MR) is 104 cm³/mol. The lowest BCUT2D eigenvalue weighted by Crippen LogP contribution is -2.21. The lowest BCUT2D eigenvalue weighted by atomic mass is 10.1. The number of hydrogen-bond donors (Lipinski definition) is 2. The van der Waals surface area contributed by atoms with Gasteiger partial charge in [-0.2, -0.15) is 0 Å². The Morgan fingerprint density at radius 2 is 2.28 bits per heavy atom. The molecule has 0 fully saturated rings. The summed E-state index contributed by atoms with van der Waals surface area (Å²) in [6.07, 6.45) is 9.00. The van der Waals surface area contributed by atoms with Crippen molar-refractivity contribution < 1.29 is 9.47 Å². The van der Waals surface area contributed by atoms with E-state index in [0.29, 0.717) is 12.6 Å². The molecule has 5 heteroatoms. The highest BCUT2D eigenvalue weighted by Gasteiger charge is 2.15. The zero-order valence-electron chi connectivity index (χ0n) is 15.4. The van der Waals surface area contributed by atoms with Gasteiger partial charge < -0.3 is 20.5 Å². The molecule has 1 unspecified atom stereocenters. The largest absolute Gasteiger partial charge is 0.497 e. The lowest BCUT2D eigenvalue weighted by molar-refractivity contribution is 0.304. The molecule has 0 bridgehead atoms. The fourth-order valence-corrected chi connectivity index (χ4v) is 2.38. The Labute approximate surface area is 149 Å². The number of nitrogen functional groups attached to an aromatic ring is 1. The molecule has 0 aliphatic carbocycles. The maximum Gasteiger partial charge on any atom is 0.294 e. The van der Waals surface area contributed by atoms with Crippen molar-refractivity contribution in [2.45, 2.75) is 27.2 Å². The third-order valence-electron chi connectivity index (χ3n) is 3.90. The number of hydrogen-bond acceptors (Lipinski definition) is 5. The molecule has 0 saturated heterocycles. The molecular formula is C20H27N3O2. The van der Waals surface area contributed by atoms with Gasteiger partial charge in [-0.3, -0.25) is 0 Å². The first kappa shape index (κ1) is 18.6. The Morgan fingerprint density at radius 1 is 1.48 bits per heavy atom. The molecule has 2 rings (SSSR count). The SMILES string of the molecule is CC/C=C(\C=C/C(C)C1=CCN=C(Nc2ccc(N)c(C)c2)O1)OC. The molecule has 0 spiro atoms. The lowest BCUT2D eigenvalue weighted by Gasteiger charge is -2.20. The van der Waals surface area contributed by atoms with E-state index in [1.807, 2.05) is 43.4 Å². The molecule has 1 aliphatic heterocycles. The fraction of sp³-hybridized carbons (Fsp3) is 0.350. The molecule has 1 atom stereocenters. The van der Waals surface area contributed by atoms with E-state index in [9.17, 15) is 0 Å². The van der Waals surface area contributed by atoms with Gasteiger partial charge in [-0.15, -0.1) is 0 Å². The van der Waals surface area contributed by atoms with Crippen LogP contribution in [0.2, 0.25) is 0 Å². The van der Waals surface area contributed by atoms with Crippen LogP contribution >= 0.6 is 0 Å². The Morgan fingerprint density at radius 3 is 2.96 bits per heavy atom. The number of nitrogens with two attached hydrogens (primary N) is 1. The summed E-state index contributed by atoms with van der Waals surface area (Å²) < 4.78 is 11.2. The maximum atomic E-state index is 5.91. The summed E-state index contributed by atoms with van der Waals surface area (Å²) in [6.45, 7) is 6.72. The van der Waals surface area contributed by atoms with Gasteiger partial charge in [0.15, 0.2) is 0 Å². The van der Waals surface area contributed by atoms with Crippen molar-refractivity contribution in [2.24, 2.45) is 10.9 Å². The minimum Gasteiger partial charge on any atom is -0.497 e. The molecule has 1 heterocycles. The topological polar surface area (TPSA) is 68.9 Å². The van der Waals surface area contributed by atoms with Crippen LogP contribution in [-0.2, 0) is 9.47 Å². The molecule has 3 N–H and O–H groups in total. The van der Waals surface area contributed by atoms with Crippen molar-refractivity contribution in [1.29, 1.82) is 0 Å². The van der Waals surface area contributed by atoms with Crippen LogP contribution in [0.1, 0.15) is 25.8 Å². The highest BCUT2D eigenvalue weighted by atomic mass is 16.5. The summed E-state index contributed by atoms with van der Waals surface area (Å²) in [5.74, 6) is 1.85. The van der Waals surface area contributed by atoms with Gasteiger partial charge in [-0.05, 0) is 55.3 Å². The third-order valence-corrected chi connectivity index (χ3v) is 3.90. The second-order valence-corrected chi connectivity index (χ2v) is 5.92. The molecule has 5 nitrogen and oxygen atoms in total. The zero-order chi connectivity index (χ0) is 18.2. The van der Waals surface area contributed by atoms with Crippen molar-refractivity contribution in [3.05, 3.63) is 59.6 Å². The molecule has 25 heavy (non-hydrogen) atoms. The van der Waals surface area contributed by atoms with Crippen molar-refractivity contribution in [1.82, 2.24) is 0 Å². The van der Waals surface area contributed by atoms with Crippen LogP contribution in [0.3, 0.4) is 0 Å². The standard InChI is InChI=1S/C20H27N3O2/c1-5-6-17(24-4)9-7-14(2)19-11-12-22-20(25-19)23-16-8-10-18(21)15(3)13-16/h6-11,13-14H,5,12,21H2,1-4H3,(H,22,23)/b9-7-,17-6+. The van der Waals surface area contributed by atoms with Crippen LogP contribution in [0.15, 0.2) is 59.0 Å². The van der Waals surface area contributed by atoms with E-state index in [1.165, 1.54) is 0 Å². The van der Waals surface area contributed by atoms with Crippen molar-refractivity contribution in [2.75, 3.05) is 24.7 Å². The number of aliphatic imine (C=N–C) groups is 1. The Bertz CT molecular complexity index is 718. The predicted octanol–water partition coefficient (Wildman–Crippen LogP) is 4.39. The maximum absolute atomic E-state index is 5.91. The molecule has 0 saturated carbocycles. The molecule has 1 aliphatic rings. The third kappa shape index (κ3) is 5.41. The number of nitrogens with one attached hydrogen (secondary N) is 1. The number of nitrogens with zero attached hydrogens (tertiary/aromatic N) is 1. The van der Waals surface area contributed by atoms with Gasteiger partial charge in [-0.1, -0.05) is 19.9 Å². The fourth-order valence-electron chi connectivity index (χ4n) is 2.38. The number of methoxy groups -OCH3 is 1.